The number of hydrogen-bond donors (Lipinski definition) is 1. The lowest BCUT2D eigenvalue weighted by molar-refractivity contribution is 0.564. The molecule has 1 unspecified atom stereocenters. The summed E-state index contributed by atoms with van der Waals surface area (Å²) in [6.07, 6.45) is 5.18. The lowest BCUT2D eigenvalue weighted by Gasteiger charge is -2.12. The van der Waals surface area contributed by atoms with Crippen molar-refractivity contribution in [2.24, 2.45) is 12.8 Å². The van der Waals surface area contributed by atoms with Gasteiger partial charge in [0.1, 0.15) is 5.82 Å². The van der Waals surface area contributed by atoms with Gasteiger partial charge in [0.25, 0.3) is 0 Å². The SMILES string of the molecule is Cn1cc(CCC(N)c2ccc(Cl)cc2F)cn1. The molecule has 0 saturated heterocycles. The van der Waals surface area contributed by atoms with Crippen LogP contribution in [0.2, 0.25) is 5.02 Å². The monoisotopic (exact) mass is 267 g/mol. The summed E-state index contributed by atoms with van der Waals surface area (Å²) in [5.74, 6) is -0.346. The Balaban J connectivity index is 2.01. The van der Waals surface area contributed by atoms with E-state index in [2.05, 4.69) is 5.10 Å². The van der Waals surface area contributed by atoms with Gasteiger partial charge in [0, 0.05) is 29.9 Å². The molecule has 96 valence electrons. The second-order valence-corrected chi connectivity index (χ2v) is 4.77. The number of nitrogens with zero attached hydrogens (tertiary/aromatic N) is 2. The fourth-order valence-corrected chi connectivity index (χ4v) is 2.04. The maximum absolute atomic E-state index is 13.6. The van der Waals surface area contributed by atoms with E-state index >= 15 is 0 Å². The van der Waals surface area contributed by atoms with Crippen LogP contribution in [0, 0.1) is 5.82 Å². The van der Waals surface area contributed by atoms with E-state index in [1.807, 2.05) is 13.2 Å². The van der Waals surface area contributed by atoms with Gasteiger partial charge in [0.05, 0.1) is 6.20 Å². The zero-order valence-corrected chi connectivity index (χ0v) is 10.9. The van der Waals surface area contributed by atoms with Crippen LogP contribution in [-0.4, -0.2) is 9.78 Å². The van der Waals surface area contributed by atoms with Gasteiger partial charge < -0.3 is 5.73 Å². The summed E-state index contributed by atoms with van der Waals surface area (Å²) < 4.78 is 15.4. The number of benzene rings is 1. The molecule has 2 aromatic rings. The molecule has 3 nitrogen and oxygen atoms in total. The van der Waals surface area contributed by atoms with E-state index in [9.17, 15) is 4.39 Å². The third-order valence-electron chi connectivity index (χ3n) is 2.86. The van der Waals surface area contributed by atoms with E-state index in [0.29, 0.717) is 17.0 Å². The van der Waals surface area contributed by atoms with Gasteiger partial charge in [0.2, 0.25) is 0 Å². The number of aromatic nitrogens is 2. The first-order chi connectivity index (χ1) is 8.56. The smallest absolute Gasteiger partial charge is 0.129 e. The predicted molar refractivity (Wildman–Crippen MR) is 69.9 cm³/mol. The number of aryl methyl sites for hydroxylation is 2. The van der Waals surface area contributed by atoms with Crippen LogP contribution >= 0.6 is 11.6 Å². The average Bonchev–Trinajstić information content (AvgIpc) is 2.72. The van der Waals surface area contributed by atoms with Gasteiger partial charge in [-0.15, -0.1) is 0 Å². The van der Waals surface area contributed by atoms with Crippen molar-refractivity contribution in [3.63, 3.8) is 0 Å². The van der Waals surface area contributed by atoms with Gasteiger partial charge in [-0.3, -0.25) is 4.68 Å². The lowest BCUT2D eigenvalue weighted by atomic mass is 10.0. The van der Waals surface area contributed by atoms with Crippen LogP contribution < -0.4 is 5.73 Å². The Morgan fingerprint density at radius 1 is 1.50 bits per heavy atom. The Morgan fingerprint density at radius 3 is 2.89 bits per heavy atom. The van der Waals surface area contributed by atoms with Crippen LogP contribution in [0.15, 0.2) is 30.6 Å². The predicted octanol–water partition coefficient (Wildman–Crippen LogP) is 2.85. The molecule has 1 aromatic carbocycles. The maximum atomic E-state index is 13.6. The summed E-state index contributed by atoms with van der Waals surface area (Å²) in [5.41, 5.74) is 7.59. The van der Waals surface area contributed by atoms with Crippen LogP contribution in [0.25, 0.3) is 0 Å². The van der Waals surface area contributed by atoms with Crippen molar-refractivity contribution in [3.8, 4) is 0 Å². The van der Waals surface area contributed by atoms with E-state index in [0.717, 1.165) is 12.0 Å². The zero-order chi connectivity index (χ0) is 13.1. The number of rotatable bonds is 4. The molecule has 0 bridgehead atoms. The fourth-order valence-electron chi connectivity index (χ4n) is 1.88. The highest BCUT2D eigenvalue weighted by Gasteiger charge is 2.12. The zero-order valence-electron chi connectivity index (χ0n) is 10.1. The Morgan fingerprint density at radius 2 is 2.28 bits per heavy atom. The highest BCUT2D eigenvalue weighted by molar-refractivity contribution is 6.30. The van der Waals surface area contributed by atoms with Crippen LogP contribution in [0.5, 0.6) is 0 Å². The molecule has 2 N–H and O–H groups in total. The van der Waals surface area contributed by atoms with Gasteiger partial charge in [-0.2, -0.15) is 5.10 Å². The van der Waals surface area contributed by atoms with Crippen molar-refractivity contribution in [1.29, 1.82) is 0 Å². The van der Waals surface area contributed by atoms with Crippen molar-refractivity contribution in [2.75, 3.05) is 0 Å². The van der Waals surface area contributed by atoms with Gasteiger partial charge >= 0.3 is 0 Å². The molecule has 0 saturated carbocycles. The summed E-state index contributed by atoms with van der Waals surface area (Å²) in [6.45, 7) is 0. The molecule has 1 atom stereocenters. The normalized spacial score (nSPS) is 12.7. The van der Waals surface area contributed by atoms with Crippen LogP contribution in [0.4, 0.5) is 4.39 Å². The van der Waals surface area contributed by atoms with E-state index in [4.69, 9.17) is 17.3 Å². The molecule has 0 fully saturated rings. The molecule has 2 rings (SSSR count). The Kier molecular flexibility index (Phi) is 3.99. The third kappa shape index (κ3) is 3.09. The highest BCUT2D eigenvalue weighted by Crippen LogP contribution is 2.22. The second-order valence-electron chi connectivity index (χ2n) is 4.33. The van der Waals surface area contributed by atoms with Gasteiger partial charge in [0.15, 0.2) is 0 Å². The Bertz CT molecular complexity index is 539. The molecule has 0 aliphatic carbocycles. The van der Waals surface area contributed by atoms with Crippen LogP contribution in [-0.2, 0) is 13.5 Å². The molecule has 0 amide bonds. The molecule has 1 aromatic heterocycles. The Hall–Kier alpha value is -1.39. The molecular formula is C13H15ClFN3. The highest BCUT2D eigenvalue weighted by atomic mass is 35.5. The van der Waals surface area contributed by atoms with E-state index in [1.165, 1.54) is 6.07 Å². The molecule has 1 heterocycles. The minimum atomic E-state index is -0.346. The first-order valence-corrected chi connectivity index (χ1v) is 6.12. The van der Waals surface area contributed by atoms with Crippen LogP contribution in [0.1, 0.15) is 23.6 Å². The Labute approximate surface area is 110 Å². The minimum Gasteiger partial charge on any atom is -0.324 e. The average molecular weight is 268 g/mol. The summed E-state index contributed by atoms with van der Waals surface area (Å²) in [5, 5.41) is 4.47. The standard InChI is InChI=1S/C13H15ClFN3/c1-18-8-9(7-17-18)2-5-13(16)11-4-3-10(14)6-12(11)15/h3-4,6-8,13H,2,5,16H2,1H3. The molecule has 0 radical (unpaired) electrons. The number of hydrogen-bond acceptors (Lipinski definition) is 2. The van der Waals surface area contributed by atoms with Crippen molar-refractivity contribution in [2.45, 2.75) is 18.9 Å². The van der Waals surface area contributed by atoms with Crippen molar-refractivity contribution in [3.05, 3.63) is 52.6 Å². The van der Waals surface area contributed by atoms with Gasteiger partial charge in [-0.25, -0.2) is 4.39 Å². The molecule has 0 spiro atoms. The van der Waals surface area contributed by atoms with E-state index in [-0.39, 0.29) is 11.9 Å². The molecule has 0 aliphatic rings. The van der Waals surface area contributed by atoms with Crippen LogP contribution in [0.3, 0.4) is 0 Å². The largest absolute Gasteiger partial charge is 0.324 e. The van der Waals surface area contributed by atoms with Crippen molar-refractivity contribution >= 4 is 11.6 Å². The third-order valence-corrected chi connectivity index (χ3v) is 3.10. The minimum absolute atomic E-state index is 0.331. The van der Waals surface area contributed by atoms with E-state index < -0.39 is 0 Å². The quantitative estimate of drug-likeness (QED) is 0.926. The fraction of sp³-hybridized carbons (Fsp3) is 0.308. The first-order valence-electron chi connectivity index (χ1n) is 5.74. The summed E-state index contributed by atoms with van der Waals surface area (Å²) in [4.78, 5) is 0. The molecular weight excluding hydrogens is 253 g/mol. The molecule has 0 aliphatic heterocycles. The summed E-state index contributed by atoms with van der Waals surface area (Å²) in [6, 6.07) is 4.26. The molecule has 5 heteroatoms. The maximum Gasteiger partial charge on any atom is 0.129 e. The summed E-state index contributed by atoms with van der Waals surface area (Å²) in [7, 11) is 1.86. The van der Waals surface area contributed by atoms with E-state index in [1.54, 1.807) is 23.0 Å². The topological polar surface area (TPSA) is 43.8 Å². The van der Waals surface area contributed by atoms with Gasteiger partial charge in [-0.05, 0) is 30.5 Å². The van der Waals surface area contributed by atoms with Crippen molar-refractivity contribution < 1.29 is 4.39 Å². The first kappa shape index (κ1) is 13.1. The molecule has 18 heavy (non-hydrogen) atoms. The number of halogens is 2. The summed E-state index contributed by atoms with van der Waals surface area (Å²) >= 11 is 5.71. The number of nitrogens with two attached hydrogens (primary N) is 1. The second kappa shape index (κ2) is 5.50. The lowest BCUT2D eigenvalue weighted by Crippen LogP contribution is -2.13. The van der Waals surface area contributed by atoms with Gasteiger partial charge in [-0.1, -0.05) is 17.7 Å². The van der Waals surface area contributed by atoms with Crippen molar-refractivity contribution in [1.82, 2.24) is 9.78 Å².